The summed E-state index contributed by atoms with van der Waals surface area (Å²) in [4.78, 5) is 8.83. The molecule has 0 saturated heterocycles. The lowest BCUT2D eigenvalue weighted by atomic mass is 10.1. The molecule has 0 aliphatic rings. The van der Waals surface area contributed by atoms with Crippen LogP contribution in [0.2, 0.25) is 0 Å². The molecule has 0 fully saturated rings. The van der Waals surface area contributed by atoms with E-state index < -0.39 is 0 Å². The number of methoxy groups -OCH3 is 1. The first-order valence-electron chi connectivity index (χ1n) is 7.29. The molecule has 1 heterocycles. The van der Waals surface area contributed by atoms with Crippen LogP contribution in [0.25, 0.3) is 0 Å². The zero-order chi connectivity index (χ0) is 15.8. The number of hydrogen-bond donors (Lipinski definition) is 2. The molecule has 0 bridgehead atoms. The topological polar surface area (TPSA) is 59.1 Å². The molecule has 0 aliphatic heterocycles. The second-order valence-corrected chi connectivity index (χ2v) is 4.88. The van der Waals surface area contributed by atoms with Gasteiger partial charge in [-0.1, -0.05) is 24.3 Å². The Morgan fingerprint density at radius 3 is 2.82 bits per heavy atom. The van der Waals surface area contributed by atoms with Crippen molar-refractivity contribution in [2.45, 2.75) is 13.3 Å². The van der Waals surface area contributed by atoms with Crippen molar-refractivity contribution >= 4 is 11.8 Å². The Hall–Kier alpha value is -2.56. The molecule has 1 aromatic heterocycles. The summed E-state index contributed by atoms with van der Waals surface area (Å²) in [6, 6.07) is 9.93. The highest BCUT2D eigenvalue weighted by molar-refractivity contribution is 5.43. The summed E-state index contributed by atoms with van der Waals surface area (Å²) in [6.45, 7) is 7.06. The fraction of sp³-hybridized carbons (Fsp3) is 0.294. The first-order chi connectivity index (χ1) is 10.7. The molecule has 2 rings (SSSR count). The van der Waals surface area contributed by atoms with Gasteiger partial charge in [0.05, 0.1) is 7.11 Å². The third kappa shape index (κ3) is 4.48. The van der Waals surface area contributed by atoms with E-state index >= 15 is 0 Å². The van der Waals surface area contributed by atoms with Gasteiger partial charge in [-0.15, -0.1) is 6.58 Å². The van der Waals surface area contributed by atoms with Gasteiger partial charge in [0.1, 0.15) is 11.6 Å². The van der Waals surface area contributed by atoms with Crippen LogP contribution in [0.4, 0.5) is 11.8 Å². The molecule has 1 aromatic carbocycles. The molecule has 0 unspecified atom stereocenters. The number of aromatic nitrogens is 2. The van der Waals surface area contributed by atoms with Crippen molar-refractivity contribution in [3.8, 4) is 5.75 Å². The lowest BCUT2D eigenvalue weighted by molar-refractivity contribution is 0.410. The van der Waals surface area contributed by atoms with Gasteiger partial charge in [-0.2, -0.15) is 4.98 Å². The van der Waals surface area contributed by atoms with Gasteiger partial charge in [0.2, 0.25) is 5.95 Å². The molecule has 0 atom stereocenters. The van der Waals surface area contributed by atoms with E-state index in [9.17, 15) is 0 Å². The van der Waals surface area contributed by atoms with E-state index in [1.807, 2.05) is 31.2 Å². The summed E-state index contributed by atoms with van der Waals surface area (Å²) in [5.74, 6) is 2.33. The van der Waals surface area contributed by atoms with Crippen molar-refractivity contribution in [3.05, 3.63) is 54.2 Å². The van der Waals surface area contributed by atoms with Gasteiger partial charge in [0.25, 0.3) is 0 Å². The van der Waals surface area contributed by atoms with Crippen molar-refractivity contribution in [3.63, 3.8) is 0 Å². The van der Waals surface area contributed by atoms with E-state index in [1.54, 1.807) is 13.2 Å². The SMILES string of the molecule is C=CCNc1cc(C)nc(NCCc2ccccc2OC)n1. The number of ether oxygens (including phenoxy) is 1. The minimum atomic E-state index is 0.626. The number of nitrogens with zero attached hydrogens (tertiary/aromatic N) is 2. The van der Waals surface area contributed by atoms with Crippen LogP contribution in [-0.4, -0.2) is 30.2 Å². The van der Waals surface area contributed by atoms with Crippen molar-refractivity contribution in [1.29, 1.82) is 0 Å². The predicted molar refractivity (Wildman–Crippen MR) is 90.6 cm³/mol. The molecule has 0 saturated carbocycles. The van der Waals surface area contributed by atoms with Gasteiger partial charge in [-0.3, -0.25) is 0 Å². The van der Waals surface area contributed by atoms with E-state index in [0.29, 0.717) is 12.5 Å². The van der Waals surface area contributed by atoms with Gasteiger partial charge < -0.3 is 15.4 Å². The molecule has 5 heteroatoms. The van der Waals surface area contributed by atoms with E-state index in [1.165, 1.54) is 0 Å². The Kier molecular flexibility index (Phi) is 5.77. The summed E-state index contributed by atoms with van der Waals surface area (Å²) >= 11 is 0. The molecule has 2 aromatic rings. The van der Waals surface area contributed by atoms with Gasteiger partial charge in [-0.25, -0.2) is 4.98 Å². The molecule has 0 aliphatic carbocycles. The Morgan fingerprint density at radius 2 is 2.05 bits per heavy atom. The largest absolute Gasteiger partial charge is 0.496 e. The van der Waals surface area contributed by atoms with Crippen molar-refractivity contribution < 1.29 is 4.74 Å². The van der Waals surface area contributed by atoms with Gasteiger partial charge in [-0.05, 0) is 25.0 Å². The number of rotatable bonds is 8. The Labute approximate surface area is 131 Å². The minimum Gasteiger partial charge on any atom is -0.496 e. The maximum Gasteiger partial charge on any atom is 0.224 e. The second-order valence-electron chi connectivity index (χ2n) is 4.88. The molecule has 0 radical (unpaired) electrons. The molecular weight excluding hydrogens is 276 g/mol. The fourth-order valence-electron chi connectivity index (χ4n) is 2.13. The van der Waals surface area contributed by atoms with E-state index in [2.05, 4.69) is 33.2 Å². The minimum absolute atomic E-state index is 0.626. The van der Waals surface area contributed by atoms with Crippen molar-refractivity contribution in [2.24, 2.45) is 0 Å². The van der Waals surface area contributed by atoms with Crippen molar-refractivity contribution in [1.82, 2.24) is 9.97 Å². The van der Waals surface area contributed by atoms with Crippen LogP contribution in [0.3, 0.4) is 0 Å². The normalized spacial score (nSPS) is 10.1. The number of para-hydroxylation sites is 1. The lowest BCUT2D eigenvalue weighted by Crippen LogP contribution is -2.11. The third-order valence-electron chi connectivity index (χ3n) is 3.15. The van der Waals surface area contributed by atoms with Crippen LogP contribution in [-0.2, 0) is 6.42 Å². The summed E-state index contributed by atoms with van der Waals surface area (Å²) in [5.41, 5.74) is 2.08. The average molecular weight is 298 g/mol. The van der Waals surface area contributed by atoms with Crippen LogP contribution < -0.4 is 15.4 Å². The highest BCUT2D eigenvalue weighted by Gasteiger charge is 2.04. The summed E-state index contributed by atoms with van der Waals surface area (Å²) in [5, 5.41) is 6.43. The first kappa shape index (κ1) is 15.8. The molecule has 5 nitrogen and oxygen atoms in total. The van der Waals surface area contributed by atoms with Crippen LogP contribution in [0.1, 0.15) is 11.3 Å². The molecule has 22 heavy (non-hydrogen) atoms. The highest BCUT2D eigenvalue weighted by Crippen LogP contribution is 2.17. The van der Waals surface area contributed by atoms with Gasteiger partial charge in [0, 0.05) is 24.8 Å². The molecule has 0 amide bonds. The number of hydrogen-bond acceptors (Lipinski definition) is 5. The molecule has 0 spiro atoms. The third-order valence-corrected chi connectivity index (χ3v) is 3.15. The van der Waals surface area contributed by atoms with E-state index in [4.69, 9.17) is 4.74 Å². The number of aryl methyl sites for hydroxylation is 1. The van der Waals surface area contributed by atoms with Crippen molar-refractivity contribution in [2.75, 3.05) is 30.8 Å². The maximum atomic E-state index is 5.35. The highest BCUT2D eigenvalue weighted by atomic mass is 16.5. The average Bonchev–Trinajstić information content (AvgIpc) is 2.53. The quantitative estimate of drug-likeness (QED) is 0.734. The standard InChI is InChI=1S/C17H22N4O/c1-4-10-18-16-12-13(2)20-17(21-16)19-11-9-14-7-5-6-8-15(14)22-3/h4-8,12H,1,9-11H2,2-3H3,(H2,18,19,20,21). The number of nitrogens with one attached hydrogen (secondary N) is 2. The lowest BCUT2D eigenvalue weighted by Gasteiger charge is -2.10. The summed E-state index contributed by atoms with van der Waals surface area (Å²) in [7, 11) is 1.69. The number of benzene rings is 1. The van der Waals surface area contributed by atoms with Crippen LogP contribution in [0.5, 0.6) is 5.75 Å². The Bertz CT molecular complexity index is 628. The van der Waals surface area contributed by atoms with Crippen LogP contribution in [0, 0.1) is 6.92 Å². The Balaban J connectivity index is 1.96. The number of anilines is 2. The Morgan fingerprint density at radius 1 is 1.23 bits per heavy atom. The zero-order valence-corrected chi connectivity index (χ0v) is 13.1. The summed E-state index contributed by atoms with van der Waals surface area (Å²) < 4.78 is 5.35. The van der Waals surface area contributed by atoms with Crippen LogP contribution >= 0.6 is 0 Å². The van der Waals surface area contributed by atoms with E-state index in [0.717, 1.165) is 35.8 Å². The predicted octanol–water partition coefficient (Wildman–Crippen LogP) is 3.05. The maximum absolute atomic E-state index is 5.35. The van der Waals surface area contributed by atoms with Gasteiger partial charge in [0.15, 0.2) is 0 Å². The van der Waals surface area contributed by atoms with Crippen LogP contribution in [0.15, 0.2) is 43.0 Å². The summed E-state index contributed by atoms with van der Waals surface area (Å²) in [6.07, 6.45) is 2.64. The van der Waals surface area contributed by atoms with Gasteiger partial charge >= 0.3 is 0 Å². The fourth-order valence-corrected chi connectivity index (χ4v) is 2.13. The second kappa shape index (κ2) is 8.02. The van der Waals surface area contributed by atoms with E-state index in [-0.39, 0.29) is 0 Å². The smallest absolute Gasteiger partial charge is 0.224 e. The first-order valence-corrected chi connectivity index (χ1v) is 7.29. The molecular formula is C17H22N4O. The molecule has 2 N–H and O–H groups in total. The molecule has 116 valence electrons. The zero-order valence-electron chi connectivity index (χ0n) is 13.1. The monoisotopic (exact) mass is 298 g/mol.